The third-order valence-electron chi connectivity index (χ3n) is 2.72. The SMILES string of the molecule is C=CCN=C1NC(=O)/C(=C/c2ccc(OC)c(OC)c2)S1. The van der Waals surface area contributed by atoms with Crippen LogP contribution >= 0.6 is 11.8 Å². The molecule has 1 aromatic rings. The molecule has 5 nitrogen and oxygen atoms in total. The summed E-state index contributed by atoms with van der Waals surface area (Å²) >= 11 is 1.31. The van der Waals surface area contributed by atoms with E-state index in [1.807, 2.05) is 12.1 Å². The van der Waals surface area contributed by atoms with Gasteiger partial charge >= 0.3 is 0 Å². The summed E-state index contributed by atoms with van der Waals surface area (Å²) in [5, 5.41) is 3.30. The highest BCUT2D eigenvalue weighted by atomic mass is 32.2. The maximum Gasteiger partial charge on any atom is 0.264 e. The van der Waals surface area contributed by atoms with Crippen LogP contribution in [0.4, 0.5) is 0 Å². The number of thioether (sulfide) groups is 1. The fourth-order valence-corrected chi connectivity index (χ4v) is 2.57. The molecule has 0 spiro atoms. The van der Waals surface area contributed by atoms with E-state index >= 15 is 0 Å². The minimum Gasteiger partial charge on any atom is -0.493 e. The van der Waals surface area contributed by atoms with E-state index in [1.54, 1.807) is 32.4 Å². The molecule has 1 fully saturated rings. The Morgan fingerprint density at radius 1 is 1.33 bits per heavy atom. The molecule has 0 aromatic heterocycles. The van der Waals surface area contributed by atoms with E-state index in [-0.39, 0.29) is 5.91 Å². The highest BCUT2D eigenvalue weighted by Gasteiger charge is 2.23. The van der Waals surface area contributed by atoms with Crippen molar-refractivity contribution >= 4 is 28.9 Å². The van der Waals surface area contributed by atoms with Crippen molar-refractivity contribution in [2.45, 2.75) is 0 Å². The lowest BCUT2D eigenvalue weighted by molar-refractivity contribution is -0.115. The van der Waals surface area contributed by atoms with Crippen LogP contribution in [0, 0.1) is 0 Å². The summed E-state index contributed by atoms with van der Waals surface area (Å²) in [6.45, 7) is 4.07. The van der Waals surface area contributed by atoms with Gasteiger partial charge in [-0.3, -0.25) is 9.79 Å². The van der Waals surface area contributed by atoms with Crippen LogP contribution in [0.1, 0.15) is 5.56 Å². The maximum atomic E-state index is 11.9. The second kappa shape index (κ2) is 6.99. The minimum absolute atomic E-state index is 0.155. The number of aliphatic imine (C=N–C) groups is 1. The van der Waals surface area contributed by atoms with E-state index in [0.717, 1.165) is 5.56 Å². The third kappa shape index (κ3) is 3.66. The Morgan fingerprint density at radius 3 is 2.76 bits per heavy atom. The first kappa shape index (κ1) is 15.2. The number of benzene rings is 1. The van der Waals surface area contributed by atoms with Crippen molar-refractivity contribution in [3.63, 3.8) is 0 Å². The number of hydrogen-bond donors (Lipinski definition) is 1. The lowest BCUT2D eigenvalue weighted by Crippen LogP contribution is -2.19. The van der Waals surface area contributed by atoms with Crippen LogP contribution in [0.25, 0.3) is 6.08 Å². The topological polar surface area (TPSA) is 59.9 Å². The molecule has 1 amide bonds. The maximum absolute atomic E-state index is 11.9. The van der Waals surface area contributed by atoms with Crippen molar-refractivity contribution < 1.29 is 14.3 Å². The molecule has 1 aliphatic heterocycles. The van der Waals surface area contributed by atoms with Crippen LogP contribution in [-0.4, -0.2) is 31.8 Å². The molecule has 0 bridgehead atoms. The molecule has 21 heavy (non-hydrogen) atoms. The number of carbonyl (C=O) groups is 1. The molecule has 110 valence electrons. The zero-order valence-corrected chi connectivity index (χ0v) is 12.7. The zero-order chi connectivity index (χ0) is 15.2. The van der Waals surface area contributed by atoms with Crippen LogP contribution in [0.2, 0.25) is 0 Å². The Bertz CT molecular complexity index is 623. The summed E-state index contributed by atoms with van der Waals surface area (Å²) in [6, 6.07) is 5.48. The van der Waals surface area contributed by atoms with Gasteiger partial charge in [-0.2, -0.15) is 0 Å². The molecule has 1 aliphatic rings. The second-order valence-corrected chi connectivity index (χ2v) is 5.14. The van der Waals surface area contributed by atoms with Gasteiger partial charge < -0.3 is 14.8 Å². The quantitative estimate of drug-likeness (QED) is 0.670. The molecule has 1 saturated heterocycles. The predicted molar refractivity (Wildman–Crippen MR) is 85.8 cm³/mol. The van der Waals surface area contributed by atoms with Crippen LogP contribution in [-0.2, 0) is 4.79 Å². The summed E-state index contributed by atoms with van der Waals surface area (Å²) in [6.07, 6.45) is 3.47. The number of rotatable bonds is 5. The van der Waals surface area contributed by atoms with Crippen molar-refractivity contribution in [3.8, 4) is 11.5 Å². The fourth-order valence-electron chi connectivity index (χ4n) is 1.74. The molecule has 0 unspecified atom stereocenters. The smallest absolute Gasteiger partial charge is 0.264 e. The van der Waals surface area contributed by atoms with Gasteiger partial charge in [-0.1, -0.05) is 12.1 Å². The Kier molecular flexibility index (Phi) is 5.05. The summed E-state index contributed by atoms with van der Waals surface area (Å²) in [7, 11) is 3.16. The zero-order valence-electron chi connectivity index (χ0n) is 11.9. The molecule has 1 N–H and O–H groups in total. The van der Waals surface area contributed by atoms with E-state index in [2.05, 4.69) is 16.9 Å². The Balaban J connectivity index is 2.23. The number of amides is 1. The number of nitrogens with one attached hydrogen (secondary N) is 1. The number of ether oxygens (including phenoxy) is 2. The Labute approximate surface area is 127 Å². The lowest BCUT2D eigenvalue weighted by atomic mass is 10.2. The molecular formula is C15H16N2O3S. The molecular weight excluding hydrogens is 288 g/mol. The van der Waals surface area contributed by atoms with Crippen molar-refractivity contribution in [3.05, 3.63) is 41.3 Å². The van der Waals surface area contributed by atoms with Crippen molar-refractivity contribution in [1.82, 2.24) is 5.32 Å². The summed E-state index contributed by atoms with van der Waals surface area (Å²) < 4.78 is 10.4. The van der Waals surface area contributed by atoms with E-state index in [4.69, 9.17) is 9.47 Å². The van der Waals surface area contributed by atoms with Crippen LogP contribution in [0.15, 0.2) is 40.8 Å². The second-order valence-electron chi connectivity index (χ2n) is 4.11. The van der Waals surface area contributed by atoms with Crippen molar-refractivity contribution in [1.29, 1.82) is 0 Å². The number of methoxy groups -OCH3 is 2. The van der Waals surface area contributed by atoms with Gasteiger partial charge in [0.15, 0.2) is 16.7 Å². The number of hydrogen-bond acceptors (Lipinski definition) is 5. The number of carbonyl (C=O) groups excluding carboxylic acids is 1. The fraction of sp³-hybridized carbons (Fsp3) is 0.200. The summed E-state index contributed by atoms with van der Waals surface area (Å²) in [5.74, 6) is 1.12. The molecule has 6 heteroatoms. The first-order chi connectivity index (χ1) is 10.2. The average molecular weight is 304 g/mol. The molecule has 1 heterocycles. The standard InChI is InChI=1S/C15H16N2O3S/c1-4-7-16-15-17-14(18)13(21-15)9-10-5-6-11(19-2)12(8-10)20-3/h4-6,8-9H,1,7H2,2-3H3,(H,16,17,18)/b13-9-. The molecule has 1 aromatic carbocycles. The van der Waals surface area contributed by atoms with E-state index < -0.39 is 0 Å². The van der Waals surface area contributed by atoms with Crippen LogP contribution < -0.4 is 14.8 Å². The van der Waals surface area contributed by atoms with Gasteiger partial charge in [0.05, 0.1) is 25.7 Å². The monoisotopic (exact) mass is 304 g/mol. The normalized spacial score (nSPS) is 17.9. The highest BCUT2D eigenvalue weighted by Crippen LogP contribution is 2.31. The van der Waals surface area contributed by atoms with Gasteiger partial charge in [0, 0.05) is 0 Å². The minimum atomic E-state index is -0.155. The lowest BCUT2D eigenvalue weighted by Gasteiger charge is -2.07. The Hall–Kier alpha value is -2.21. The highest BCUT2D eigenvalue weighted by molar-refractivity contribution is 8.18. The van der Waals surface area contributed by atoms with Gasteiger partial charge in [-0.05, 0) is 35.5 Å². The van der Waals surface area contributed by atoms with Gasteiger partial charge in [0.25, 0.3) is 5.91 Å². The van der Waals surface area contributed by atoms with Crippen molar-refractivity contribution in [2.24, 2.45) is 4.99 Å². The van der Waals surface area contributed by atoms with E-state index in [1.165, 1.54) is 11.8 Å². The van der Waals surface area contributed by atoms with E-state index in [0.29, 0.717) is 28.1 Å². The number of amidine groups is 1. The molecule has 0 aliphatic carbocycles. The molecule has 2 rings (SSSR count). The van der Waals surface area contributed by atoms with Crippen LogP contribution in [0.5, 0.6) is 11.5 Å². The summed E-state index contributed by atoms with van der Waals surface area (Å²) in [4.78, 5) is 16.6. The van der Waals surface area contributed by atoms with Crippen molar-refractivity contribution in [2.75, 3.05) is 20.8 Å². The summed E-state index contributed by atoms with van der Waals surface area (Å²) in [5.41, 5.74) is 0.857. The first-order valence-electron chi connectivity index (χ1n) is 6.26. The van der Waals surface area contributed by atoms with E-state index in [9.17, 15) is 4.79 Å². The molecule has 0 saturated carbocycles. The number of nitrogens with zero attached hydrogens (tertiary/aromatic N) is 1. The Morgan fingerprint density at radius 2 is 2.10 bits per heavy atom. The largest absolute Gasteiger partial charge is 0.493 e. The van der Waals surface area contributed by atoms with Gasteiger partial charge in [-0.25, -0.2) is 0 Å². The van der Waals surface area contributed by atoms with Gasteiger partial charge in [0.2, 0.25) is 0 Å². The molecule has 0 atom stereocenters. The van der Waals surface area contributed by atoms with Crippen LogP contribution in [0.3, 0.4) is 0 Å². The van der Waals surface area contributed by atoms with Gasteiger partial charge in [0.1, 0.15) is 0 Å². The third-order valence-corrected chi connectivity index (χ3v) is 3.67. The first-order valence-corrected chi connectivity index (χ1v) is 7.08. The van der Waals surface area contributed by atoms with Gasteiger partial charge in [-0.15, -0.1) is 6.58 Å². The molecule has 0 radical (unpaired) electrons. The average Bonchev–Trinajstić information content (AvgIpc) is 2.85. The predicted octanol–water partition coefficient (Wildman–Crippen LogP) is 2.45.